The summed E-state index contributed by atoms with van der Waals surface area (Å²) in [6.45, 7) is 4.10. The van der Waals surface area contributed by atoms with Crippen molar-refractivity contribution in [3.8, 4) is 0 Å². The third kappa shape index (κ3) is 5.44. The molecular formula is C11H21NO4. The Hall–Kier alpha value is -0.650. The minimum absolute atomic E-state index is 0.101. The SMILES string of the molecule is COCCN1CCC(OCCC(=O)O)CC1. The fraction of sp³-hybridized carbons (Fsp3) is 0.909. The van der Waals surface area contributed by atoms with Crippen LogP contribution in [0.5, 0.6) is 0 Å². The van der Waals surface area contributed by atoms with Gasteiger partial charge in [0.1, 0.15) is 0 Å². The smallest absolute Gasteiger partial charge is 0.305 e. The van der Waals surface area contributed by atoms with Crippen LogP contribution in [-0.2, 0) is 14.3 Å². The number of carboxylic acids is 1. The van der Waals surface area contributed by atoms with Gasteiger partial charge in [0.25, 0.3) is 0 Å². The molecule has 0 unspecified atom stereocenters. The Kier molecular flexibility index (Phi) is 6.37. The number of methoxy groups -OCH3 is 1. The number of aliphatic carboxylic acids is 1. The van der Waals surface area contributed by atoms with Crippen LogP contribution in [0.2, 0.25) is 0 Å². The lowest BCUT2D eigenvalue weighted by molar-refractivity contribution is -0.138. The number of hydrogen-bond acceptors (Lipinski definition) is 4. The maximum atomic E-state index is 10.3. The molecule has 0 saturated carbocycles. The molecule has 1 saturated heterocycles. The van der Waals surface area contributed by atoms with Crippen LogP contribution in [0.4, 0.5) is 0 Å². The van der Waals surface area contributed by atoms with Crippen LogP contribution in [0, 0.1) is 0 Å². The zero-order chi connectivity index (χ0) is 11.8. The highest BCUT2D eigenvalue weighted by atomic mass is 16.5. The average Bonchev–Trinajstić information content (AvgIpc) is 2.27. The highest BCUT2D eigenvalue weighted by molar-refractivity contribution is 5.66. The first-order valence-corrected chi connectivity index (χ1v) is 5.77. The first-order chi connectivity index (χ1) is 7.72. The topological polar surface area (TPSA) is 59.0 Å². The fourth-order valence-electron chi connectivity index (χ4n) is 1.83. The van der Waals surface area contributed by atoms with Crippen molar-refractivity contribution in [2.45, 2.75) is 25.4 Å². The average molecular weight is 231 g/mol. The van der Waals surface area contributed by atoms with Crippen molar-refractivity contribution in [2.24, 2.45) is 0 Å². The molecule has 0 amide bonds. The third-order valence-corrected chi connectivity index (χ3v) is 2.82. The van der Waals surface area contributed by atoms with Crippen LogP contribution in [-0.4, -0.2) is 62.0 Å². The summed E-state index contributed by atoms with van der Waals surface area (Å²) in [5.41, 5.74) is 0. The van der Waals surface area contributed by atoms with Crippen molar-refractivity contribution in [1.29, 1.82) is 0 Å². The molecule has 0 radical (unpaired) electrons. The van der Waals surface area contributed by atoms with Crippen molar-refractivity contribution >= 4 is 5.97 Å². The molecule has 0 aromatic rings. The van der Waals surface area contributed by atoms with Crippen LogP contribution in [0.3, 0.4) is 0 Å². The lowest BCUT2D eigenvalue weighted by Gasteiger charge is -2.31. The number of carboxylic acid groups (broad SMARTS) is 1. The Morgan fingerprint density at radius 2 is 2.06 bits per heavy atom. The van der Waals surface area contributed by atoms with Crippen LogP contribution >= 0.6 is 0 Å². The molecule has 94 valence electrons. The minimum atomic E-state index is -0.794. The van der Waals surface area contributed by atoms with Gasteiger partial charge in [0, 0.05) is 26.7 Å². The summed E-state index contributed by atoms with van der Waals surface area (Å²) in [4.78, 5) is 12.7. The Balaban J connectivity index is 2.05. The summed E-state index contributed by atoms with van der Waals surface area (Å²) < 4.78 is 10.5. The molecule has 0 aromatic carbocycles. The van der Waals surface area contributed by atoms with Gasteiger partial charge >= 0.3 is 5.97 Å². The van der Waals surface area contributed by atoms with Crippen molar-refractivity contribution in [2.75, 3.05) is 40.0 Å². The van der Waals surface area contributed by atoms with E-state index in [1.807, 2.05) is 0 Å². The van der Waals surface area contributed by atoms with E-state index in [1.165, 1.54) is 0 Å². The molecule has 1 aliphatic heterocycles. The Bertz CT molecular complexity index is 202. The lowest BCUT2D eigenvalue weighted by atomic mass is 10.1. The summed E-state index contributed by atoms with van der Waals surface area (Å²) >= 11 is 0. The molecule has 5 nitrogen and oxygen atoms in total. The van der Waals surface area contributed by atoms with Gasteiger partial charge in [-0.15, -0.1) is 0 Å². The first-order valence-electron chi connectivity index (χ1n) is 5.77. The van der Waals surface area contributed by atoms with E-state index in [9.17, 15) is 4.79 Å². The number of hydrogen-bond donors (Lipinski definition) is 1. The molecule has 0 atom stereocenters. The number of ether oxygens (including phenoxy) is 2. The molecule has 0 bridgehead atoms. The summed E-state index contributed by atoms with van der Waals surface area (Å²) in [6, 6.07) is 0. The van der Waals surface area contributed by atoms with Gasteiger partial charge < -0.3 is 19.5 Å². The normalized spacial score (nSPS) is 18.8. The lowest BCUT2D eigenvalue weighted by Crippen LogP contribution is -2.38. The van der Waals surface area contributed by atoms with Crippen molar-refractivity contribution in [3.63, 3.8) is 0 Å². The predicted octanol–water partition coefficient (Wildman–Crippen LogP) is 0.589. The summed E-state index contributed by atoms with van der Waals surface area (Å²) in [5, 5.41) is 8.48. The number of carbonyl (C=O) groups is 1. The summed E-state index contributed by atoms with van der Waals surface area (Å²) in [7, 11) is 1.71. The van der Waals surface area contributed by atoms with E-state index in [1.54, 1.807) is 7.11 Å². The maximum Gasteiger partial charge on any atom is 0.305 e. The van der Waals surface area contributed by atoms with Crippen molar-refractivity contribution in [1.82, 2.24) is 4.90 Å². The second-order valence-corrected chi connectivity index (χ2v) is 4.05. The van der Waals surface area contributed by atoms with E-state index in [0.29, 0.717) is 6.61 Å². The van der Waals surface area contributed by atoms with Gasteiger partial charge in [-0.05, 0) is 12.8 Å². The van der Waals surface area contributed by atoms with Crippen molar-refractivity contribution < 1.29 is 19.4 Å². The van der Waals surface area contributed by atoms with Gasteiger partial charge in [0.05, 0.1) is 25.7 Å². The van der Waals surface area contributed by atoms with Gasteiger partial charge in [0.15, 0.2) is 0 Å². The molecule has 1 N–H and O–H groups in total. The molecular weight excluding hydrogens is 210 g/mol. The quantitative estimate of drug-likeness (QED) is 0.695. The van der Waals surface area contributed by atoms with Gasteiger partial charge in [-0.2, -0.15) is 0 Å². The highest BCUT2D eigenvalue weighted by Gasteiger charge is 2.19. The Labute approximate surface area is 96.3 Å². The van der Waals surface area contributed by atoms with Gasteiger partial charge in [0.2, 0.25) is 0 Å². The highest BCUT2D eigenvalue weighted by Crippen LogP contribution is 2.13. The zero-order valence-corrected chi connectivity index (χ0v) is 9.85. The molecule has 1 fully saturated rings. The number of nitrogens with zero attached hydrogens (tertiary/aromatic N) is 1. The van der Waals surface area contributed by atoms with Gasteiger partial charge in [-0.25, -0.2) is 0 Å². The second-order valence-electron chi connectivity index (χ2n) is 4.05. The van der Waals surface area contributed by atoms with E-state index in [2.05, 4.69) is 4.90 Å². The minimum Gasteiger partial charge on any atom is -0.481 e. The Morgan fingerprint density at radius 1 is 1.38 bits per heavy atom. The molecule has 1 rings (SSSR count). The maximum absolute atomic E-state index is 10.3. The van der Waals surface area contributed by atoms with E-state index in [4.69, 9.17) is 14.6 Å². The third-order valence-electron chi connectivity index (χ3n) is 2.82. The summed E-state index contributed by atoms with van der Waals surface area (Å²) in [6.07, 6.45) is 2.31. The van der Waals surface area contributed by atoms with Gasteiger partial charge in [-0.3, -0.25) is 4.79 Å². The molecule has 0 spiro atoms. The molecule has 1 heterocycles. The van der Waals surface area contributed by atoms with Crippen LogP contribution in [0.15, 0.2) is 0 Å². The van der Waals surface area contributed by atoms with E-state index < -0.39 is 5.97 Å². The number of piperidine rings is 1. The zero-order valence-electron chi connectivity index (χ0n) is 9.85. The summed E-state index contributed by atoms with van der Waals surface area (Å²) in [5.74, 6) is -0.794. The molecule has 1 aliphatic rings. The van der Waals surface area contributed by atoms with Gasteiger partial charge in [-0.1, -0.05) is 0 Å². The fourth-order valence-corrected chi connectivity index (χ4v) is 1.83. The first kappa shape index (κ1) is 13.4. The van der Waals surface area contributed by atoms with Crippen LogP contribution in [0.25, 0.3) is 0 Å². The van der Waals surface area contributed by atoms with Crippen LogP contribution in [0.1, 0.15) is 19.3 Å². The Morgan fingerprint density at radius 3 is 2.62 bits per heavy atom. The molecule has 0 aliphatic carbocycles. The second kappa shape index (κ2) is 7.60. The largest absolute Gasteiger partial charge is 0.481 e. The van der Waals surface area contributed by atoms with Crippen LogP contribution < -0.4 is 0 Å². The number of rotatable bonds is 7. The predicted molar refractivity (Wildman–Crippen MR) is 59.5 cm³/mol. The standard InChI is InChI=1S/C11H21NO4/c1-15-9-7-12-5-2-10(3-6-12)16-8-4-11(13)14/h10H,2-9H2,1H3,(H,13,14). The van der Waals surface area contributed by atoms with E-state index in [0.717, 1.165) is 39.1 Å². The number of likely N-dealkylation sites (tertiary alicyclic amines) is 1. The van der Waals surface area contributed by atoms with E-state index in [-0.39, 0.29) is 12.5 Å². The molecule has 0 aromatic heterocycles. The van der Waals surface area contributed by atoms with Crippen molar-refractivity contribution in [3.05, 3.63) is 0 Å². The monoisotopic (exact) mass is 231 g/mol. The molecule has 16 heavy (non-hydrogen) atoms. The molecule has 5 heteroatoms. The van der Waals surface area contributed by atoms with E-state index >= 15 is 0 Å².